The first-order valence-electron chi connectivity index (χ1n) is 8.41. The van der Waals surface area contributed by atoms with E-state index in [0.29, 0.717) is 5.82 Å². The molecule has 3 amide bonds. The number of nitrogens with zero attached hydrogens (tertiary/aromatic N) is 2. The molecule has 1 heterocycles. The van der Waals surface area contributed by atoms with Crippen LogP contribution in [-0.4, -0.2) is 47.2 Å². The minimum absolute atomic E-state index is 0.111. The first-order chi connectivity index (χ1) is 13.2. The van der Waals surface area contributed by atoms with Gasteiger partial charge in [0.05, 0.1) is 22.2 Å². The summed E-state index contributed by atoms with van der Waals surface area (Å²) in [6.07, 6.45) is 1.58. The molecular formula is C19H20Cl2N4O3. The number of halogens is 2. The van der Waals surface area contributed by atoms with Gasteiger partial charge in [-0.05, 0) is 43.7 Å². The van der Waals surface area contributed by atoms with Crippen LogP contribution in [0.3, 0.4) is 0 Å². The van der Waals surface area contributed by atoms with Gasteiger partial charge in [-0.3, -0.25) is 14.4 Å². The third-order valence-electron chi connectivity index (χ3n) is 3.85. The molecular weight excluding hydrogens is 403 g/mol. The van der Waals surface area contributed by atoms with Crippen molar-refractivity contribution in [3.05, 3.63) is 57.7 Å². The van der Waals surface area contributed by atoms with E-state index >= 15 is 0 Å². The SMILES string of the molecule is Cc1ccnc(NC(=O)CN(C)C(=O)C(C)NC(=O)c2cccc(Cl)c2Cl)c1. The van der Waals surface area contributed by atoms with Gasteiger partial charge in [-0.15, -0.1) is 0 Å². The van der Waals surface area contributed by atoms with Gasteiger partial charge in [0, 0.05) is 13.2 Å². The standard InChI is InChI=1S/C19H20Cl2N4O3/c1-11-7-8-22-15(9-11)24-16(26)10-25(3)19(28)12(2)23-18(27)13-5-4-6-14(20)17(13)21/h4-9,12H,10H2,1-3H3,(H,23,27)(H,22,24,26). The van der Waals surface area contributed by atoms with E-state index < -0.39 is 23.8 Å². The van der Waals surface area contributed by atoms with Gasteiger partial charge in [-0.25, -0.2) is 4.98 Å². The summed E-state index contributed by atoms with van der Waals surface area (Å²) in [5.41, 5.74) is 1.12. The quantitative estimate of drug-likeness (QED) is 0.748. The minimum atomic E-state index is -0.863. The van der Waals surface area contributed by atoms with Gasteiger partial charge < -0.3 is 15.5 Å². The van der Waals surface area contributed by atoms with Crippen LogP contribution in [0, 0.1) is 6.92 Å². The van der Waals surface area contributed by atoms with E-state index in [9.17, 15) is 14.4 Å². The van der Waals surface area contributed by atoms with Crippen molar-refractivity contribution in [2.45, 2.75) is 19.9 Å². The van der Waals surface area contributed by atoms with Crippen molar-refractivity contribution in [2.75, 3.05) is 18.9 Å². The average Bonchev–Trinajstić information content (AvgIpc) is 2.62. The minimum Gasteiger partial charge on any atom is -0.340 e. The molecule has 0 saturated carbocycles. The molecule has 9 heteroatoms. The molecule has 0 saturated heterocycles. The summed E-state index contributed by atoms with van der Waals surface area (Å²) in [5, 5.41) is 5.54. The number of carbonyl (C=O) groups excluding carboxylic acids is 3. The first kappa shape index (κ1) is 21.7. The zero-order chi connectivity index (χ0) is 20.8. The Labute approximate surface area is 173 Å². The number of likely N-dealkylation sites (N-methyl/N-ethyl adjacent to an activating group) is 1. The maximum Gasteiger partial charge on any atom is 0.253 e. The molecule has 0 aliphatic rings. The molecule has 148 valence electrons. The second-order valence-electron chi connectivity index (χ2n) is 6.26. The molecule has 2 aromatic rings. The van der Waals surface area contributed by atoms with E-state index in [1.54, 1.807) is 24.4 Å². The van der Waals surface area contributed by atoms with Crippen LogP contribution in [0.4, 0.5) is 5.82 Å². The van der Waals surface area contributed by atoms with Crippen LogP contribution in [0.5, 0.6) is 0 Å². The van der Waals surface area contributed by atoms with Crippen LogP contribution in [0.15, 0.2) is 36.5 Å². The van der Waals surface area contributed by atoms with Crippen LogP contribution < -0.4 is 10.6 Å². The Hall–Kier alpha value is -2.64. The van der Waals surface area contributed by atoms with Crippen LogP contribution in [0.1, 0.15) is 22.8 Å². The molecule has 1 aromatic heterocycles. The fraction of sp³-hybridized carbons (Fsp3) is 0.263. The fourth-order valence-corrected chi connectivity index (χ4v) is 2.81. The summed E-state index contributed by atoms with van der Waals surface area (Å²) < 4.78 is 0. The highest BCUT2D eigenvalue weighted by atomic mass is 35.5. The molecule has 1 unspecified atom stereocenters. The van der Waals surface area contributed by atoms with E-state index in [1.165, 1.54) is 24.9 Å². The molecule has 1 aromatic carbocycles. The Morgan fingerprint density at radius 3 is 2.61 bits per heavy atom. The summed E-state index contributed by atoms with van der Waals surface area (Å²) in [6, 6.07) is 7.32. The van der Waals surface area contributed by atoms with Gasteiger partial charge in [0.25, 0.3) is 5.91 Å². The highest BCUT2D eigenvalue weighted by Gasteiger charge is 2.23. The van der Waals surface area contributed by atoms with Gasteiger partial charge in [0.2, 0.25) is 11.8 Å². The third kappa shape index (κ3) is 5.68. The summed E-state index contributed by atoms with van der Waals surface area (Å²) in [7, 11) is 1.47. The lowest BCUT2D eigenvalue weighted by molar-refractivity contribution is -0.134. The van der Waals surface area contributed by atoms with Crippen molar-refractivity contribution >= 4 is 46.7 Å². The Morgan fingerprint density at radius 2 is 1.93 bits per heavy atom. The molecule has 0 aliphatic heterocycles. The number of nitrogens with one attached hydrogen (secondary N) is 2. The molecule has 0 radical (unpaired) electrons. The molecule has 0 aliphatic carbocycles. The van der Waals surface area contributed by atoms with E-state index in [2.05, 4.69) is 15.6 Å². The monoisotopic (exact) mass is 422 g/mol. The molecule has 0 spiro atoms. The highest BCUT2D eigenvalue weighted by Crippen LogP contribution is 2.25. The lowest BCUT2D eigenvalue weighted by Crippen LogP contribution is -2.47. The van der Waals surface area contributed by atoms with Crippen LogP contribution >= 0.6 is 23.2 Å². The summed E-state index contributed by atoms with van der Waals surface area (Å²) >= 11 is 11.9. The van der Waals surface area contributed by atoms with Crippen LogP contribution in [0.2, 0.25) is 10.0 Å². The zero-order valence-corrected chi connectivity index (χ0v) is 17.1. The number of carbonyl (C=O) groups is 3. The predicted molar refractivity (Wildman–Crippen MR) is 109 cm³/mol. The lowest BCUT2D eigenvalue weighted by Gasteiger charge is -2.22. The van der Waals surface area contributed by atoms with Gasteiger partial charge in [-0.1, -0.05) is 29.3 Å². The van der Waals surface area contributed by atoms with Crippen molar-refractivity contribution in [1.82, 2.24) is 15.2 Å². The number of pyridine rings is 1. The topological polar surface area (TPSA) is 91.4 Å². The molecule has 28 heavy (non-hydrogen) atoms. The van der Waals surface area contributed by atoms with E-state index in [-0.39, 0.29) is 22.2 Å². The number of anilines is 1. The van der Waals surface area contributed by atoms with Gasteiger partial charge in [0.15, 0.2) is 0 Å². The number of hydrogen-bond acceptors (Lipinski definition) is 4. The fourth-order valence-electron chi connectivity index (χ4n) is 2.43. The van der Waals surface area contributed by atoms with E-state index in [1.807, 2.05) is 13.0 Å². The predicted octanol–water partition coefficient (Wildman–Crippen LogP) is 2.91. The van der Waals surface area contributed by atoms with Crippen molar-refractivity contribution in [1.29, 1.82) is 0 Å². The number of hydrogen-bond donors (Lipinski definition) is 2. The number of aromatic nitrogens is 1. The van der Waals surface area contributed by atoms with E-state index in [4.69, 9.17) is 23.2 Å². The van der Waals surface area contributed by atoms with E-state index in [0.717, 1.165) is 5.56 Å². The first-order valence-corrected chi connectivity index (χ1v) is 9.17. The number of amides is 3. The molecule has 0 bridgehead atoms. The third-order valence-corrected chi connectivity index (χ3v) is 4.67. The van der Waals surface area contributed by atoms with Gasteiger partial charge in [-0.2, -0.15) is 0 Å². The Morgan fingerprint density at radius 1 is 1.21 bits per heavy atom. The summed E-state index contributed by atoms with van der Waals surface area (Å²) in [6.45, 7) is 3.21. The van der Waals surface area contributed by atoms with Crippen molar-refractivity contribution < 1.29 is 14.4 Å². The highest BCUT2D eigenvalue weighted by molar-refractivity contribution is 6.43. The second-order valence-corrected chi connectivity index (χ2v) is 7.04. The smallest absolute Gasteiger partial charge is 0.253 e. The number of aryl methyl sites for hydroxylation is 1. The zero-order valence-electron chi connectivity index (χ0n) is 15.6. The van der Waals surface area contributed by atoms with Gasteiger partial charge in [0.1, 0.15) is 11.9 Å². The average molecular weight is 423 g/mol. The van der Waals surface area contributed by atoms with Crippen molar-refractivity contribution in [2.24, 2.45) is 0 Å². The Balaban J connectivity index is 1.93. The molecule has 7 nitrogen and oxygen atoms in total. The van der Waals surface area contributed by atoms with Crippen molar-refractivity contribution in [3.63, 3.8) is 0 Å². The van der Waals surface area contributed by atoms with Crippen LogP contribution in [-0.2, 0) is 9.59 Å². The maximum atomic E-state index is 12.5. The summed E-state index contributed by atoms with van der Waals surface area (Å²) in [4.78, 5) is 42.2. The number of benzene rings is 1. The number of rotatable bonds is 6. The van der Waals surface area contributed by atoms with Gasteiger partial charge >= 0.3 is 0 Å². The Bertz CT molecular complexity index is 904. The maximum absolute atomic E-state index is 12.5. The molecule has 0 fully saturated rings. The molecule has 2 rings (SSSR count). The molecule has 2 N–H and O–H groups in total. The van der Waals surface area contributed by atoms with Crippen LogP contribution in [0.25, 0.3) is 0 Å². The van der Waals surface area contributed by atoms with Crippen molar-refractivity contribution in [3.8, 4) is 0 Å². The largest absolute Gasteiger partial charge is 0.340 e. The summed E-state index contributed by atoms with van der Waals surface area (Å²) in [5.74, 6) is -0.956. The normalized spacial score (nSPS) is 11.5. The lowest BCUT2D eigenvalue weighted by atomic mass is 10.2. The second kappa shape index (κ2) is 9.52. The Kier molecular flexibility index (Phi) is 7.37. The molecule has 1 atom stereocenters.